The number of nitrogens with zero attached hydrogens (tertiary/aromatic N) is 1. The van der Waals surface area contributed by atoms with Crippen LogP contribution >= 0.6 is 22.6 Å². The van der Waals surface area contributed by atoms with E-state index in [0.29, 0.717) is 6.54 Å². The van der Waals surface area contributed by atoms with Crippen molar-refractivity contribution in [2.75, 3.05) is 25.0 Å². The number of anilines is 1. The Morgan fingerprint density at radius 3 is 3.11 bits per heavy atom. The van der Waals surface area contributed by atoms with Gasteiger partial charge in [0.1, 0.15) is 0 Å². The van der Waals surface area contributed by atoms with Gasteiger partial charge in [0, 0.05) is 29.0 Å². The van der Waals surface area contributed by atoms with Gasteiger partial charge in [-0.2, -0.15) is 0 Å². The summed E-state index contributed by atoms with van der Waals surface area (Å²) >= 11 is 2.22. The van der Waals surface area contributed by atoms with Gasteiger partial charge in [-0.3, -0.25) is 0 Å². The van der Waals surface area contributed by atoms with Gasteiger partial charge < -0.3 is 15.3 Å². The lowest BCUT2D eigenvalue weighted by Gasteiger charge is -2.31. The molecular formula is C13H17IN2O2. The van der Waals surface area contributed by atoms with Crippen LogP contribution in [-0.2, 0) is 0 Å². The Bertz CT molecular complexity index is 425. The third kappa shape index (κ3) is 3.58. The maximum Gasteiger partial charge on any atom is 0.321 e. The topological polar surface area (TPSA) is 52.6 Å². The first-order chi connectivity index (χ1) is 8.69. The number of benzene rings is 1. The zero-order valence-corrected chi connectivity index (χ0v) is 12.3. The van der Waals surface area contributed by atoms with Crippen LogP contribution in [0.4, 0.5) is 10.5 Å². The quantitative estimate of drug-likeness (QED) is 0.797. The highest BCUT2D eigenvalue weighted by Gasteiger charge is 2.22. The van der Waals surface area contributed by atoms with Gasteiger partial charge in [-0.1, -0.05) is 6.07 Å². The summed E-state index contributed by atoms with van der Waals surface area (Å²) in [6, 6.07) is 7.65. The minimum absolute atomic E-state index is 0.0739. The molecule has 0 radical (unpaired) electrons. The summed E-state index contributed by atoms with van der Waals surface area (Å²) in [5.41, 5.74) is 0.818. The Morgan fingerprint density at radius 2 is 2.39 bits per heavy atom. The smallest absolute Gasteiger partial charge is 0.321 e. The fourth-order valence-electron chi connectivity index (χ4n) is 2.17. The largest absolute Gasteiger partial charge is 0.396 e. The first kappa shape index (κ1) is 13.6. The number of carbonyl (C=O) groups excluding carboxylic acids is 1. The molecule has 0 saturated carbocycles. The lowest BCUT2D eigenvalue weighted by molar-refractivity contribution is 0.136. The van der Waals surface area contributed by atoms with E-state index < -0.39 is 0 Å². The van der Waals surface area contributed by atoms with Crippen molar-refractivity contribution in [3.8, 4) is 0 Å². The molecule has 1 aliphatic rings. The van der Waals surface area contributed by atoms with Gasteiger partial charge in [0.05, 0.1) is 0 Å². The van der Waals surface area contributed by atoms with Gasteiger partial charge in [0.25, 0.3) is 0 Å². The second-order valence-corrected chi connectivity index (χ2v) is 5.82. The number of hydrogen-bond donors (Lipinski definition) is 2. The number of rotatable bonds is 2. The van der Waals surface area contributed by atoms with Crippen LogP contribution < -0.4 is 5.32 Å². The van der Waals surface area contributed by atoms with Crippen LogP contribution in [0.15, 0.2) is 24.3 Å². The van der Waals surface area contributed by atoms with Gasteiger partial charge in [-0.05, 0) is 59.5 Å². The number of likely N-dealkylation sites (tertiary alicyclic amines) is 1. The van der Waals surface area contributed by atoms with Crippen molar-refractivity contribution in [3.05, 3.63) is 27.8 Å². The summed E-state index contributed by atoms with van der Waals surface area (Å²) in [7, 11) is 0. The highest BCUT2D eigenvalue weighted by Crippen LogP contribution is 2.18. The Morgan fingerprint density at radius 1 is 1.56 bits per heavy atom. The Hall–Kier alpha value is -0.820. The second kappa shape index (κ2) is 6.38. The standard InChI is InChI=1S/C13H17IN2O2/c14-11-4-1-5-12(7-11)15-13(18)16-6-2-3-10(8-16)9-17/h1,4-5,7,10,17H,2-3,6,8-9H2,(H,15,18). The monoisotopic (exact) mass is 360 g/mol. The molecule has 1 heterocycles. The van der Waals surface area contributed by atoms with Crippen molar-refractivity contribution in [1.82, 2.24) is 4.90 Å². The fraction of sp³-hybridized carbons (Fsp3) is 0.462. The molecule has 1 fully saturated rings. The summed E-state index contributed by atoms with van der Waals surface area (Å²) in [6.45, 7) is 1.57. The Balaban J connectivity index is 1.95. The van der Waals surface area contributed by atoms with E-state index in [2.05, 4.69) is 27.9 Å². The van der Waals surface area contributed by atoms with Crippen LogP contribution in [0.1, 0.15) is 12.8 Å². The predicted molar refractivity (Wildman–Crippen MR) is 79.6 cm³/mol. The third-order valence-electron chi connectivity index (χ3n) is 3.14. The number of amides is 2. The lowest BCUT2D eigenvalue weighted by Crippen LogP contribution is -2.43. The second-order valence-electron chi connectivity index (χ2n) is 4.58. The molecule has 2 rings (SSSR count). The molecule has 2 amide bonds. The van der Waals surface area contributed by atoms with E-state index in [4.69, 9.17) is 5.11 Å². The molecule has 1 aromatic carbocycles. The fourth-order valence-corrected chi connectivity index (χ4v) is 2.71. The minimum Gasteiger partial charge on any atom is -0.396 e. The van der Waals surface area contributed by atoms with Crippen LogP contribution in [-0.4, -0.2) is 35.7 Å². The van der Waals surface area contributed by atoms with Crippen molar-refractivity contribution < 1.29 is 9.90 Å². The van der Waals surface area contributed by atoms with Crippen molar-refractivity contribution in [3.63, 3.8) is 0 Å². The minimum atomic E-state index is -0.0739. The maximum absolute atomic E-state index is 12.1. The molecule has 1 atom stereocenters. The molecule has 1 aliphatic heterocycles. The molecule has 0 aromatic heterocycles. The zero-order valence-electron chi connectivity index (χ0n) is 10.1. The number of piperidine rings is 1. The molecule has 2 N–H and O–H groups in total. The highest BCUT2D eigenvalue weighted by molar-refractivity contribution is 14.1. The normalized spacial score (nSPS) is 19.7. The maximum atomic E-state index is 12.1. The number of hydrogen-bond acceptors (Lipinski definition) is 2. The number of aliphatic hydroxyl groups is 1. The molecule has 4 nitrogen and oxygen atoms in total. The van der Waals surface area contributed by atoms with Gasteiger partial charge in [-0.15, -0.1) is 0 Å². The van der Waals surface area contributed by atoms with E-state index >= 15 is 0 Å². The SMILES string of the molecule is O=C(Nc1cccc(I)c1)N1CCCC(CO)C1. The summed E-state index contributed by atoms with van der Waals surface area (Å²) in [5.74, 6) is 0.223. The van der Waals surface area contributed by atoms with E-state index in [9.17, 15) is 4.79 Å². The highest BCUT2D eigenvalue weighted by atomic mass is 127. The van der Waals surface area contributed by atoms with Crippen molar-refractivity contribution >= 4 is 34.3 Å². The van der Waals surface area contributed by atoms with Gasteiger partial charge in [-0.25, -0.2) is 4.79 Å². The Kier molecular flexibility index (Phi) is 4.82. The molecule has 1 saturated heterocycles. The predicted octanol–water partition coefficient (Wildman–Crippen LogP) is 2.53. The number of nitrogens with one attached hydrogen (secondary N) is 1. The van der Waals surface area contributed by atoms with E-state index in [1.54, 1.807) is 4.90 Å². The average Bonchev–Trinajstić information content (AvgIpc) is 2.39. The van der Waals surface area contributed by atoms with Crippen LogP contribution in [0.5, 0.6) is 0 Å². The number of carbonyl (C=O) groups is 1. The molecule has 0 aliphatic carbocycles. The zero-order chi connectivity index (χ0) is 13.0. The van der Waals surface area contributed by atoms with Crippen molar-refractivity contribution in [2.24, 2.45) is 5.92 Å². The van der Waals surface area contributed by atoms with E-state index in [1.165, 1.54) is 0 Å². The number of halogens is 1. The van der Waals surface area contributed by atoms with Crippen LogP contribution in [0.3, 0.4) is 0 Å². The summed E-state index contributed by atoms with van der Waals surface area (Å²) in [6.07, 6.45) is 1.97. The van der Waals surface area contributed by atoms with Gasteiger partial charge in [0.15, 0.2) is 0 Å². The summed E-state index contributed by atoms with van der Waals surface area (Å²) < 4.78 is 1.09. The third-order valence-corrected chi connectivity index (χ3v) is 3.81. The first-order valence-electron chi connectivity index (χ1n) is 6.11. The van der Waals surface area contributed by atoms with E-state index in [-0.39, 0.29) is 18.6 Å². The van der Waals surface area contributed by atoms with Crippen LogP contribution in [0, 0.1) is 9.49 Å². The Labute approximate surface area is 121 Å². The van der Waals surface area contributed by atoms with Gasteiger partial charge in [0.2, 0.25) is 0 Å². The molecule has 18 heavy (non-hydrogen) atoms. The molecule has 98 valence electrons. The molecular weight excluding hydrogens is 343 g/mol. The average molecular weight is 360 g/mol. The van der Waals surface area contributed by atoms with Crippen LogP contribution in [0.2, 0.25) is 0 Å². The molecule has 5 heteroatoms. The molecule has 0 bridgehead atoms. The summed E-state index contributed by atoms with van der Waals surface area (Å²) in [4.78, 5) is 13.9. The molecule has 1 aromatic rings. The van der Waals surface area contributed by atoms with Gasteiger partial charge >= 0.3 is 6.03 Å². The molecule has 1 unspecified atom stereocenters. The number of aliphatic hydroxyl groups excluding tert-OH is 1. The molecule has 0 spiro atoms. The van der Waals surface area contributed by atoms with Crippen molar-refractivity contribution in [2.45, 2.75) is 12.8 Å². The van der Waals surface area contributed by atoms with E-state index in [0.717, 1.165) is 28.6 Å². The first-order valence-corrected chi connectivity index (χ1v) is 7.19. The van der Waals surface area contributed by atoms with E-state index in [1.807, 2.05) is 24.3 Å². The lowest BCUT2D eigenvalue weighted by atomic mass is 9.99. The number of urea groups is 1. The van der Waals surface area contributed by atoms with Crippen LogP contribution in [0.25, 0.3) is 0 Å². The summed E-state index contributed by atoms with van der Waals surface area (Å²) in [5, 5.41) is 12.1. The van der Waals surface area contributed by atoms with Crippen molar-refractivity contribution in [1.29, 1.82) is 0 Å².